The molecule has 7 nitrogen and oxygen atoms in total. The number of carbonyl (C=O) groups excluding carboxylic acids is 2. The number of carboxylic acids is 1. The highest BCUT2D eigenvalue weighted by Gasteiger charge is 2.38. The number of amides is 2. The van der Waals surface area contributed by atoms with Gasteiger partial charge < -0.3 is 19.6 Å². The molecule has 1 aromatic rings. The fraction of sp³-hybridized carbons (Fsp3) is 0.550. The molecular formula is C20H28N2O5. The number of aliphatic carboxylic acids is 1. The molecule has 0 saturated carbocycles. The fourth-order valence-corrected chi connectivity index (χ4v) is 3.00. The summed E-state index contributed by atoms with van der Waals surface area (Å²) in [7, 11) is 1.52. The average Bonchev–Trinajstić information content (AvgIpc) is 2.67. The van der Waals surface area contributed by atoms with Crippen molar-refractivity contribution in [2.75, 3.05) is 26.7 Å². The fourth-order valence-electron chi connectivity index (χ4n) is 3.00. The number of rotatable bonds is 7. The van der Waals surface area contributed by atoms with Crippen LogP contribution in [0.1, 0.15) is 33.1 Å². The van der Waals surface area contributed by atoms with Crippen LogP contribution in [0.3, 0.4) is 0 Å². The monoisotopic (exact) mass is 376 g/mol. The number of para-hydroxylation sites is 1. The van der Waals surface area contributed by atoms with Crippen molar-refractivity contribution >= 4 is 17.8 Å². The molecule has 1 N–H and O–H groups in total. The summed E-state index contributed by atoms with van der Waals surface area (Å²) in [6.45, 7) is 4.35. The molecule has 0 atom stereocenters. The summed E-state index contributed by atoms with van der Waals surface area (Å²) in [5.74, 6) is -0.723. The minimum atomic E-state index is -1.25. The van der Waals surface area contributed by atoms with E-state index in [1.807, 2.05) is 30.3 Å². The van der Waals surface area contributed by atoms with Crippen molar-refractivity contribution in [3.63, 3.8) is 0 Å². The number of carboxylic acid groups (broad SMARTS) is 1. The van der Waals surface area contributed by atoms with Crippen LogP contribution in [0.25, 0.3) is 0 Å². The highest BCUT2D eigenvalue weighted by atomic mass is 16.5. The van der Waals surface area contributed by atoms with Crippen LogP contribution in [0.5, 0.6) is 5.75 Å². The largest absolute Gasteiger partial charge is 0.493 e. The van der Waals surface area contributed by atoms with Gasteiger partial charge >= 0.3 is 5.97 Å². The van der Waals surface area contributed by atoms with Gasteiger partial charge in [-0.3, -0.25) is 9.59 Å². The van der Waals surface area contributed by atoms with Crippen LogP contribution >= 0.6 is 0 Å². The quantitative estimate of drug-likeness (QED) is 0.787. The van der Waals surface area contributed by atoms with E-state index in [1.54, 1.807) is 4.90 Å². The number of benzene rings is 1. The summed E-state index contributed by atoms with van der Waals surface area (Å²) in [5.41, 5.74) is -1.25. The van der Waals surface area contributed by atoms with E-state index in [0.29, 0.717) is 39.0 Å². The van der Waals surface area contributed by atoms with E-state index in [2.05, 4.69) is 0 Å². The standard InChI is InChI=1S/C20H28N2O5/c1-20(2,19(25)26)21(3)18(24)15-9-12-22(13-10-15)17(23)11-14-27-16-7-5-4-6-8-16/h4-8,15H,9-14H2,1-3H3,(H,25,26). The van der Waals surface area contributed by atoms with Gasteiger partial charge in [0.1, 0.15) is 11.3 Å². The molecular weight excluding hydrogens is 348 g/mol. The Labute approximate surface area is 159 Å². The van der Waals surface area contributed by atoms with Crippen molar-refractivity contribution in [3.8, 4) is 5.75 Å². The first kappa shape index (κ1) is 20.7. The van der Waals surface area contributed by atoms with Gasteiger partial charge in [-0.05, 0) is 38.8 Å². The maximum Gasteiger partial charge on any atom is 0.329 e. The third-order valence-corrected chi connectivity index (χ3v) is 5.22. The number of ether oxygens (including phenoxy) is 1. The maximum absolute atomic E-state index is 12.6. The molecule has 1 fully saturated rings. The zero-order chi connectivity index (χ0) is 20.0. The third kappa shape index (κ3) is 5.21. The zero-order valence-corrected chi connectivity index (χ0v) is 16.2. The van der Waals surface area contributed by atoms with Crippen molar-refractivity contribution in [3.05, 3.63) is 30.3 Å². The van der Waals surface area contributed by atoms with E-state index in [-0.39, 0.29) is 17.7 Å². The molecule has 1 aliphatic heterocycles. The summed E-state index contributed by atoms with van der Waals surface area (Å²) in [5, 5.41) is 9.28. The van der Waals surface area contributed by atoms with Crippen LogP contribution in [0, 0.1) is 5.92 Å². The van der Waals surface area contributed by atoms with Crippen LogP contribution in [0.4, 0.5) is 0 Å². The smallest absolute Gasteiger partial charge is 0.329 e. The number of hydrogen-bond acceptors (Lipinski definition) is 4. The van der Waals surface area contributed by atoms with Crippen molar-refractivity contribution in [1.82, 2.24) is 9.80 Å². The summed E-state index contributed by atoms with van der Waals surface area (Å²) in [6, 6.07) is 9.34. The normalized spacial score (nSPS) is 15.3. The Balaban J connectivity index is 1.78. The summed E-state index contributed by atoms with van der Waals surface area (Å²) in [4.78, 5) is 39.3. The van der Waals surface area contributed by atoms with E-state index >= 15 is 0 Å². The van der Waals surface area contributed by atoms with E-state index in [9.17, 15) is 19.5 Å². The molecule has 0 spiro atoms. The van der Waals surface area contributed by atoms with Crippen LogP contribution in [-0.2, 0) is 14.4 Å². The predicted octanol–water partition coefficient (Wildman–Crippen LogP) is 2.02. The predicted molar refractivity (Wildman–Crippen MR) is 100 cm³/mol. The highest BCUT2D eigenvalue weighted by molar-refractivity contribution is 5.87. The second kappa shape index (κ2) is 8.88. The van der Waals surface area contributed by atoms with Crippen molar-refractivity contribution < 1.29 is 24.2 Å². The molecule has 7 heteroatoms. The third-order valence-electron chi connectivity index (χ3n) is 5.22. The van der Waals surface area contributed by atoms with E-state index in [0.717, 1.165) is 5.75 Å². The van der Waals surface area contributed by atoms with Gasteiger partial charge in [0.25, 0.3) is 0 Å². The second-order valence-electron chi connectivity index (χ2n) is 7.33. The summed E-state index contributed by atoms with van der Waals surface area (Å²) < 4.78 is 5.55. The average molecular weight is 376 g/mol. The Morgan fingerprint density at radius 2 is 1.78 bits per heavy atom. The van der Waals surface area contributed by atoms with Crippen LogP contribution in [0.2, 0.25) is 0 Å². The molecule has 148 valence electrons. The van der Waals surface area contributed by atoms with Gasteiger partial charge in [0.15, 0.2) is 0 Å². The van der Waals surface area contributed by atoms with Crippen LogP contribution in [0.15, 0.2) is 30.3 Å². The molecule has 0 radical (unpaired) electrons. The van der Waals surface area contributed by atoms with E-state index in [1.165, 1.54) is 25.8 Å². The van der Waals surface area contributed by atoms with Gasteiger partial charge in [0.05, 0.1) is 13.0 Å². The molecule has 0 bridgehead atoms. The SMILES string of the molecule is CN(C(=O)C1CCN(C(=O)CCOc2ccccc2)CC1)C(C)(C)C(=O)O. The summed E-state index contributed by atoms with van der Waals surface area (Å²) in [6.07, 6.45) is 1.38. The summed E-state index contributed by atoms with van der Waals surface area (Å²) >= 11 is 0. The zero-order valence-electron chi connectivity index (χ0n) is 16.2. The molecule has 0 unspecified atom stereocenters. The Morgan fingerprint density at radius 3 is 2.33 bits per heavy atom. The first-order chi connectivity index (χ1) is 12.7. The molecule has 27 heavy (non-hydrogen) atoms. The lowest BCUT2D eigenvalue weighted by atomic mass is 9.92. The van der Waals surface area contributed by atoms with Gasteiger partial charge in [-0.1, -0.05) is 18.2 Å². The number of nitrogens with zero attached hydrogens (tertiary/aromatic N) is 2. The second-order valence-corrected chi connectivity index (χ2v) is 7.33. The lowest BCUT2D eigenvalue weighted by Crippen LogP contribution is -2.54. The number of hydrogen-bond donors (Lipinski definition) is 1. The van der Waals surface area contributed by atoms with E-state index in [4.69, 9.17) is 4.74 Å². The number of likely N-dealkylation sites (tertiary alicyclic amines) is 1. The Bertz CT molecular complexity index is 666. The molecule has 0 aliphatic carbocycles. The Morgan fingerprint density at radius 1 is 1.19 bits per heavy atom. The Hall–Kier alpha value is -2.57. The number of piperidine rings is 1. The first-order valence-corrected chi connectivity index (χ1v) is 9.20. The minimum absolute atomic E-state index is 0.0102. The topological polar surface area (TPSA) is 87.2 Å². The molecule has 1 saturated heterocycles. The molecule has 2 amide bonds. The van der Waals surface area contributed by atoms with Crippen LogP contribution in [-0.4, -0.2) is 65.0 Å². The van der Waals surface area contributed by atoms with Crippen molar-refractivity contribution in [2.45, 2.75) is 38.6 Å². The van der Waals surface area contributed by atoms with Gasteiger partial charge in [-0.25, -0.2) is 4.79 Å². The van der Waals surface area contributed by atoms with Gasteiger partial charge in [0.2, 0.25) is 11.8 Å². The lowest BCUT2D eigenvalue weighted by molar-refractivity contribution is -0.157. The Kier molecular flexibility index (Phi) is 6.82. The number of likely N-dealkylation sites (N-methyl/N-ethyl adjacent to an activating group) is 1. The number of carbonyl (C=O) groups is 3. The van der Waals surface area contributed by atoms with Crippen molar-refractivity contribution in [1.29, 1.82) is 0 Å². The molecule has 1 heterocycles. The molecule has 0 aromatic heterocycles. The molecule has 1 aromatic carbocycles. The van der Waals surface area contributed by atoms with Gasteiger partial charge in [-0.15, -0.1) is 0 Å². The molecule has 1 aliphatic rings. The van der Waals surface area contributed by atoms with E-state index < -0.39 is 11.5 Å². The first-order valence-electron chi connectivity index (χ1n) is 9.20. The highest BCUT2D eigenvalue weighted by Crippen LogP contribution is 2.23. The van der Waals surface area contributed by atoms with Crippen molar-refractivity contribution in [2.24, 2.45) is 5.92 Å². The van der Waals surface area contributed by atoms with Gasteiger partial charge in [-0.2, -0.15) is 0 Å². The molecule has 2 rings (SSSR count). The minimum Gasteiger partial charge on any atom is -0.493 e. The van der Waals surface area contributed by atoms with Crippen LogP contribution < -0.4 is 4.74 Å². The van der Waals surface area contributed by atoms with Gasteiger partial charge in [0, 0.05) is 26.1 Å². The lowest BCUT2D eigenvalue weighted by Gasteiger charge is -2.37. The maximum atomic E-state index is 12.6.